The molecule has 0 bridgehead atoms. The van der Waals surface area contributed by atoms with E-state index in [9.17, 15) is 4.79 Å². The third kappa shape index (κ3) is 5.58. The van der Waals surface area contributed by atoms with Gasteiger partial charge in [0.05, 0.1) is 5.75 Å². The van der Waals surface area contributed by atoms with Crippen LogP contribution in [0.2, 0.25) is 5.02 Å². The highest BCUT2D eigenvalue weighted by molar-refractivity contribution is 8.00. The van der Waals surface area contributed by atoms with Crippen LogP contribution in [0.1, 0.15) is 32.3 Å². The minimum Gasteiger partial charge on any atom is -0.348 e. The van der Waals surface area contributed by atoms with E-state index in [2.05, 4.69) is 39.0 Å². The van der Waals surface area contributed by atoms with Crippen molar-refractivity contribution in [2.45, 2.75) is 38.6 Å². The number of amides is 1. The molecule has 6 nitrogen and oxygen atoms in total. The topological polar surface area (TPSA) is 71.0 Å². The molecule has 1 amide bonds. The Hall–Kier alpha value is -1.90. The van der Waals surface area contributed by atoms with Crippen molar-refractivity contribution >= 4 is 61.8 Å². The number of nitrogens with zero attached hydrogens (tertiary/aromatic N) is 4. The zero-order valence-corrected chi connectivity index (χ0v) is 19.1. The van der Waals surface area contributed by atoms with Crippen molar-refractivity contribution in [2.75, 3.05) is 29.1 Å². The molecule has 29 heavy (non-hydrogen) atoms. The Morgan fingerprint density at radius 1 is 1.24 bits per heavy atom. The van der Waals surface area contributed by atoms with Gasteiger partial charge in [0, 0.05) is 23.8 Å². The maximum Gasteiger partial charge on any atom is 0.234 e. The second-order valence-corrected chi connectivity index (χ2v) is 8.96. The van der Waals surface area contributed by atoms with Crippen LogP contribution >= 0.6 is 34.7 Å². The molecule has 0 fully saturated rings. The van der Waals surface area contributed by atoms with Crippen LogP contribution in [-0.2, 0) is 4.79 Å². The van der Waals surface area contributed by atoms with Gasteiger partial charge in [0.2, 0.25) is 5.91 Å². The van der Waals surface area contributed by atoms with Gasteiger partial charge in [-0.25, -0.2) is 9.97 Å². The molecule has 1 N–H and O–H groups in total. The molecule has 0 unspecified atom stereocenters. The van der Waals surface area contributed by atoms with Gasteiger partial charge in [-0.1, -0.05) is 54.6 Å². The van der Waals surface area contributed by atoms with Gasteiger partial charge in [-0.3, -0.25) is 4.79 Å². The first-order valence-electron chi connectivity index (χ1n) is 9.57. The van der Waals surface area contributed by atoms with E-state index in [1.807, 2.05) is 19.1 Å². The summed E-state index contributed by atoms with van der Waals surface area (Å²) in [7, 11) is 0. The molecule has 3 rings (SSSR count). The van der Waals surface area contributed by atoms with Crippen molar-refractivity contribution < 1.29 is 4.79 Å². The lowest BCUT2D eigenvalue weighted by molar-refractivity contribution is -0.113. The zero-order chi connectivity index (χ0) is 20.8. The number of hydrogen-bond acceptors (Lipinski definition) is 7. The quantitative estimate of drug-likeness (QED) is 0.348. The second kappa shape index (κ2) is 10.2. The number of nitrogens with one attached hydrogen (secondary N) is 1. The van der Waals surface area contributed by atoms with Crippen molar-refractivity contribution in [3.8, 4) is 0 Å². The molecule has 0 saturated carbocycles. The van der Waals surface area contributed by atoms with Crippen molar-refractivity contribution in [1.82, 2.24) is 15.0 Å². The van der Waals surface area contributed by atoms with Crippen LogP contribution in [0.15, 0.2) is 29.6 Å². The molecular formula is C20H24ClN5OS2. The molecule has 1 aromatic carbocycles. The Bertz CT molecular complexity index is 988. The summed E-state index contributed by atoms with van der Waals surface area (Å²) < 4.78 is 0.927. The van der Waals surface area contributed by atoms with E-state index < -0.39 is 0 Å². The number of aromatic nitrogens is 3. The number of hydrogen-bond donors (Lipinski definition) is 1. The molecule has 0 spiro atoms. The number of thiazole rings is 1. The number of fused-ring (bicyclic) bond motifs is 1. The highest BCUT2D eigenvalue weighted by atomic mass is 35.5. The summed E-state index contributed by atoms with van der Waals surface area (Å²) >= 11 is 9.11. The molecule has 0 atom stereocenters. The first kappa shape index (κ1) is 21.8. The molecule has 0 radical (unpaired) electrons. The van der Waals surface area contributed by atoms with Gasteiger partial charge in [-0.15, -0.1) is 0 Å². The van der Waals surface area contributed by atoms with Crippen molar-refractivity contribution in [3.63, 3.8) is 0 Å². The van der Waals surface area contributed by atoms with Gasteiger partial charge in [-0.05, 0) is 37.5 Å². The second-order valence-electron chi connectivity index (χ2n) is 6.62. The SMILES string of the molecule is CCCN(CCC)c1nc2ncnc(SCC(=O)Nc3ccc(C)c(Cl)c3)c2s1. The van der Waals surface area contributed by atoms with E-state index in [0.29, 0.717) is 16.4 Å². The molecule has 0 saturated heterocycles. The van der Waals surface area contributed by atoms with Crippen LogP contribution in [0.5, 0.6) is 0 Å². The summed E-state index contributed by atoms with van der Waals surface area (Å²) in [5.41, 5.74) is 2.35. The van der Waals surface area contributed by atoms with E-state index in [1.54, 1.807) is 17.4 Å². The lowest BCUT2D eigenvalue weighted by Gasteiger charge is -2.19. The van der Waals surface area contributed by atoms with Gasteiger partial charge in [0.1, 0.15) is 16.1 Å². The summed E-state index contributed by atoms with van der Waals surface area (Å²) in [6.07, 6.45) is 3.63. The van der Waals surface area contributed by atoms with E-state index in [4.69, 9.17) is 11.6 Å². The van der Waals surface area contributed by atoms with Gasteiger partial charge in [0.25, 0.3) is 0 Å². The first-order valence-corrected chi connectivity index (χ1v) is 11.7. The molecule has 0 aliphatic carbocycles. The molecule has 0 aliphatic heterocycles. The first-order chi connectivity index (χ1) is 14.0. The predicted molar refractivity (Wildman–Crippen MR) is 124 cm³/mol. The Balaban J connectivity index is 1.70. The largest absolute Gasteiger partial charge is 0.348 e. The minimum absolute atomic E-state index is 0.106. The normalized spacial score (nSPS) is 11.0. The molecular weight excluding hydrogens is 426 g/mol. The maximum atomic E-state index is 12.4. The van der Waals surface area contributed by atoms with Crippen molar-refractivity contribution in [3.05, 3.63) is 35.1 Å². The van der Waals surface area contributed by atoms with Crippen molar-refractivity contribution in [2.24, 2.45) is 0 Å². The highest BCUT2D eigenvalue weighted by Gasteiger charge is 2.16. The minimum atomic E-state index is -0.106. The summed E-state index contributed by atoms with van der Waals surface area (Å²) in [6, 6.07) is 5.49. The standard InChI is InChI=1S/C20H24ClN5OS2/c1-4-8-26(9-5-2)20-25-18-17(29-20)19(23-12-22-18)28-11-16(27)24-14-7-6-13(3)15(21)10-14/h6-7,10,12H,4-5,8-9,11H2,1-3H3,(H,24,27). The fourth-order valence-electron chi connectivity index (χ4n) is 2.81. The summed E-state index contributed by atoms with van der Waals surface area (Å²) in [6.45, 7) is 8.18. The average Bonchev–Trinajstić information content (AvgIpc) is 3.14. The number of benzene rings is 1. The lowest BCUT2D eigenvalue weighted by atomic mass is 10.2. The Kier molecular flexibility index (Phi) is 7.69. The van der Waals surface area contributed by atoms with E-state index in [0.717, 1.165) is 46.4 Å². The van der Waals surface area contributed by atoms with Gasteiger partial charge in [0.15, 0.2) is 10.8 Å². The van der Waals surface area contributed by atoms with Gasteiger partial charge >= 0.3 is 0 Å². The lowest BCUT2D eigenvalue weighted by Crippen LogP contribution is -2.24. The molecule has 3 aromatic rings. The number of thioether (sulfide) groups is 1. The Morgan fingerprint density at radius 3 is 2.69 bits per heavy atom. The number of anilines is 2. The summed E-state index contributed by atoms with van der Waals surface area (Å²) in [5.74, 6) is 0.142. The van der Waals surface area contributed by atoms with Crippen LogP contribution in [0.3, 0.4) is 0 Å². The smallest absolute Gasteiger partial charge is 0.234 e. The number of carbonyl (C=O) groups is 1. The molecule has 2 aromatic heterocycles. The van der Waals surface area contributed by atoms with Crippen LogP contribution in [0, 0.1) is 6.92 Å². The summed E-state index contributed by atoms with van der Waals surface area (Å²) in [5, 5.41) is 5.25. The van der Waals surface area contributed by atoms with E-state index >= 15 is 0 Å². The fraction of sp³-hybridized carbons (Fsp3) is 0.400. The number of aryl methyl sites for hydroxylation is 1. The number of rotatable bonds is 9. The monoisotopic (exact) mass is 449 g/mol. The summed E-state index contributed by atoms with van der Waals surface area (Å²) in [4.78, 5) is 28.0. The average molecular weight is 450 g/mol. The van der Waals surface area contributed by atoms with Crippen LogP contribution in [-0.4, -0.2) is 39.7 Å². The molecule has 154 valence electrons. The molecule has 0 aliphatic rings. The molecule has 2 heterocycles. The van der Waals surface area contributed by atoms with E-state index in [-0.39, 0.29) is 11.7 Å². The van der Waals surface area contributed by atoms with Crippen LogP contribution in [0.4, 0.5) is 10.8 Å². The highest BCUT2D eigenvalue weighted by Crippen LogP contribution is 2.34. The third-order valence-electron chi connectivity index (χ3n) is 4.20. The Morgan fingerprint density at radius 2 is 2.00 bits per heavy atom. The van der Waals surface area contributed by atoms with Crippen LogP contribution in [0.25, 0.3) is 10.3 Å². The number of halogens is 1. The zero-order valence-electron chi connectivity index (χ0n) is 16.7. The molecule has 9 heteroatoms. The fourth-order valence-corrected chi connectivity index (χ4v) is 4.93. The van der Waals surface area contributed by atoms with Gasteiger partial charge < -0.3 is 10.2 Å². The van der Waals surface area contributed by atoms with E-state index in [1.165, 1.54) is 18.1 Å². The van der Waals surface area contributed by atoms with Gasteiger partial charge in [-0.2, -0.15) is 4.98 Å². The number of carbonyl (C=O) groups excluding carboxylic acids is 1. The predicted octanol–water partition coefficient (Wildman–Crippen LogP) is 5.41. The third-order valence-corrected chi connectivity index (χ3v) is 6.84. The van der Waals surface area contributed by atoms with Crippen molar-refractivity contribution in [1.29, 1.82) is 0 Å². The van der Waals surface area contributed by atoms with Crippen LogP contribution < -0.4 is 10.2 Å². The Labute approximate surface area is 184 Å². The maximum absolute atomic E-state index is 12.4.